The second-order valence-electron chi connectivity index (χ2n) is 7.27. The van der Waals surface area contributed by atoms with Crippen LogP contribution in [0.4, 0.5) is 5.69 Å². The third-order valence-electron chi connectivity index (χ3n) is 5.09. The van der Waals surface area contributed by atoms with Gasteiger partial charge in [-0.05, 0) is 66.7 Å². The number of rotatable bonds is 4. The van der Waals surface area contributed by atoms with E-state index in [4.69, 9.17) is 16.6 Å². The Balaban J connectivity index is 1.29. The number of amides is 1. The van der Waals surface area contributed by atoms with E-state index in [9.17, 15) is 4.79 Å². The molecule has 2 N–H and O–H groups in total. The van der Waals surface area contributed by atoms with E-state index in [0.717, 1.165) is 23.0 Å². The Bertz CT molecular complexity index is 1420. The lowest BCUT2D eigenvalue weighted by molar-refractivity contribution is 0.0953. The van der Waals surface area contributed by atoms with Crippen LogP contribution < -0.4 is 10.6 Å². The van der Waals surface area contributed by atoms with Crippen molar-refractivity contribution < 1.29 is 9.21 Å². The van der Waals surface area contributed by atoms with Crippen molar-refractivity contribution in [2.45, 2.75) is 13.3 Å². The molecule has 0 spiro atoms. The van der Waals surface area contributed by atoms with Gasteiger partial charge in [0.25, 0.3) is 5.91 Å². The number of nitrogens with one attached hydrogen (secondary N) is 2. The molecule has 0 aliphatic rings. The number of aromatic nitrogens is 3. The zero-order chi connectivity index (χ0) is 22.1. The van der Waals surface area contributed by atoms with E-state index >= 15 is 0 Å². The van der Waals surface area contributed by atoms with Gasteiger partial charge in [0, 0.05) is 11.1 Å². The first kappa shape index (κ1) is 19.9. The summed E-state index contributed by atoms with van der Waals surface area (Å²) in [5, 5.41) is 15.8. The fourth-order valence-electron chi connectivity index (χ4n) is 3.39. The van der Waals surface area contributed by atoms with Crippen molar-refractivity contribution in [1.29, 1.82) is 0 Å². The summed E-state index contributed by atoms with van der Waals surface area (Å²) >= 11 is 5.30. The van der Waals surface area contributed by atoms with E-state index in [1.807, 2.05) is 54.6 Å². The van der Waals surface area contributed by atoms with Crippen LogP contribution in [0.1, 0.15) is 23.0 Å². The van der Waals surface area contributed by atoms with Crippen molar-refractivity contribution in [3.05, 3.63) is 84.1 Å². The van der Waals surface area contributed by atoms with Crippen molar-refractivity contribution >= 4 is 50.9 Å². The fraction of sp³-hybridized carbons (Fsp3) is 0.0833. The fourth-order valence-corrected chi connectivity index (χ4v) is 3.60. The Morgan fingerprint density at radius 1 is 1.00 bits per heavy atom. The Kier molecular flexibility index (Phi) is 5.12. The van der Waals surface area contributed by atoms with Gasteiger partial charge in [-0.1, -0.05) is 37.3 Å². The van der Waals surface area contributed by atoms with Gasteiger partial charge >= 0.3 is 0 Å². The van der Waals surface area contributed by atoms with Crippen LogP contribution in [0, 0.1) is 0 Å². The van der Waals surface area contributed by atoms with Gasteiger partial charge in [-0.3, -0.25) is 10.1 Å². The number of furan rings is 1. The van der Waals surface area contributed by atoms with Crippen LogP contribution in [0.3, 0.4) is 0 Å². The number of hydrogen-bond acceptors (Lipinski definition) is 5. The van der Waals surface area contributed by atoms with Crippen LogP contribution in [-0.2, 0) is 6.42 Å². The number of hydrogen-bond donors (Lipinski definition) is 2. The number of benzene rings is 3. The van der Waals surface area contributed by atoms with Crippen LogP contribution >= 0.6 is 12.2 Å². The van der Waals surface area contributed by atoms with Crippen LogP contribution in [0.5, 0.6) is 0 Å². The minimum absolute atomic E-state index is 0.164. The van der Waals surface area contributed by atoms with Crippen molar-refractivity contribution in [1.82, 2.24) is 20.3 Å². The molecular formula is C24H19N5O2S. The standard InChI is InChI=1S/C24H19N5O2S/c1-2-15-7-10-18(11-8-15)29-27-19-12-9-17(14-20(19)28-29)25-24(32)26-23(30)22-13-16-5-3-4-6-21(16)31-22/h3-14H,2H2,1H3,(H2,25,26,30,32). The minimum atomic E-state index is -0.416. The van der Waals surface area contributed by atoms with Crippen LogP contribution in [0.25, 0.3) is 27.7 Å². The maximum absolute atomic E-state index is 12.5. The number of thiocarbonyl (C=S) groups is 1. The lowest BCUT2D eigenvalue weighted by Gasteiger charge is -2.08. The minimum Gasteiger partial charge on any atom is -0.451 e. The predicted octanol–water partition coefficient (Wildman–Crippen LogP) is 4.86. The van der Waals surface area contributed by atoms with Gasteiger partial charge < -0.3 is 9.73 Å². The first-order chi connectivity index (χ1) is 15.6. The van der Waals surface area contributed by atoms with Gasteiger partial charge in [0.15, 0.2) is 10.9 Å². The van der Waals surface area contributed by atoms with E-state index in [-0.39, 0.29) is 10.9 Å². The van der Waals surface area contributed by atoms with Gasteiger partial charge in [-0.2, -0.15) is 4.80 Å². The Morgan fingerprint density at radius 2 is 1.78 bits per heavy atom. The first-order valence-electron chi connectivity index (χ1n) is 10.2. The molecule has 5 rings (SSSR count). The van der Waals surface area contributed by atoms with Crippen molar-refractivity contribution in [2.24, 2.45) is 0 Å². The number of carbonyl (C=O) groups is 1. The Morgan fingerprint density at radius 3 is 2.56 bits per heavy atom. The molecule has 8 heteroatoms. The molecule has 0 unspecified atom stereocenters. The Labute approximate surface area is 189 Å². The van der Waals surface area contributed by atoms with Crippen LogP contribution in [0.2, 0.25) is 0 Å². The lowest BCUT2D eigenvalue weighted by atomic mass is 10.2. The molecule has 0 saturated heterocycles. The molecule has 3 aromatic carbocycles. The summed E-state index contributed by atoms with van der Waals surface area (Å²) in [6, 6.07) is 22.8. The highest BCUT2D eigenvalue weighted by molar-refractivity contribution is 7.80. The summed E-state index contributed by atoms with van der Waals surface area (Å²) in [4.78, 5) is 14.1. The number of anilines is 1. The van der Waals surface area contributed by atoms with Gasteiger partial charge in [-0.15, -0.1) is 10.2 Å². The second-order valence-corrected chi connectivity index (χ2v) is 7.68. The molecule has 2 aromatic heterocycles. The smallest absolute Gasteiger partial charge is 0.293 e. The quantitative estimate of drug-likeness (QED) is 0.388. The lowest BCUT2D eigenvalue weighted by Crippen LogP contribution is -2.33. The number of aryl methyl sites for hydroxylation is 1. The molecule has 0 atom stereocenters. The number of para-hydroxylation sites is 1. The number of carbonyl (C=O) groups excluding carboxylic acids is 1. The van der Waals surface area contributed by atoms with Gasteiger partial charge in [0.2, 0.25) is 0 Å². The molecule has 2 heterocycles. The molecule has 0 bridgehead atoms. The van der Waals surface area contributed by atoms with Gasteiger partial charge in [0.1, 0.15) is 16.6 Å². The highest BCUT2D eigenvalue weighted by Crippen LogP contribution is 2.20. The summed E-state index contributed by atoms with van der Waals surface area (Å²) in [6.45, 7) is 2.12. The number of fused-ring (bicyclic) bond motifs is 2. The van der Waals surface area contributed by atoms with Crippen molar-refractivity contribution in [3.63, 3.8) is 0 Å². The summed E-state index contributed by atoms with van der Waals surface area (Å²) in [7, 11) is 0. The topological polar surface area (TPSA) is 85.0 Å². The monoisotopic (exact) mass is 441 g/mol. The van der Waals surface area contributed by atoms with Crippen LogP contribution in [0.15, 0.2) is 77.2 Å². The maximum Gasteiger partial charge on any atom is 0.293 e. The molecular weight excluding hydrogens is 422 g/mol. The van der Waals surface area contributed by atoms with Crippen molar-refractivity contribution in [3.8, 4) is 5.69 Å². The summed E-state index contributed by atoms with van der Waals surface area (Å²) in [6.07, 6.45) is 0.983. The summed E-state index contributed by atoms with van der Waals surface area (Å²) in [5.74, 6) is -0.218. The molecule has 158 valence electrons. The molecule has 0 aliphatic carbocycles. The van der Waals surface area contributed by atoms with Gasteiger partial charge in [-0.25, -0.2) is 0 Å². The summed E-state index contributed by atoms with van der Waals surface area (Å²) < 4.78 is 5.58. The molecule has 1 amide bonds. The molecule has 32 heavy (non-hydrogen) atoms. The average Bonchev–Trinajstić information content (AvgIpc) is 3.43. The molecule has 0 aliphatic heterocycles. The predicted molar refractivity (Wildman–Crippen MR) is 128 cm³/mol. The maximum atomic E-state index is 12.5. The molecule has 0 radical (unpaired) electrons. The number of nitrogens with zero attached hydrogens (tertiary/aromatic N) is 3. The zero-order valence-corrected chi connectivity index (χ0v) is 18.0. The van der Waals surface area contributed by atoms with Crippen LogP contribution in [-0.4, -0.2) is 26.0 Å². The molecule has 0 saturated carbocycles. The molecule has 5 aromatic rings. The third kappa shape index (κ3) is 3.95. The van der Waals surface area contributed by atoms with E-state index in [1.165, 1.54) is 5.56 Å². The normalized spacial score (nSPS) is 11.0. The van der Waals surface area contributed by atoms with E-state index in [0.29, 0.717) is 16.8 Å². The second kappa shape index (κ2) is 8.24. The van der Waals surface area contributed by atoms with E-state index in [1.54, 1.807) is 10.9 Å². The highest BCUT2D eigenvalue weighted by atomic mass is 32.1. The third-order valence-corrected chi connectivity index (χ3v) is 5.29. The zero-order valence-electron chi connectivity index (χ0n) is 17.2. The van der Waals surface area contributed by atoms with E-state index in [2.05, 4.69) is 39.9 Å². The Hall–Kier alpha value is -4.04. The highest BCUT2D eigenvalue weighted by Gasteiger charge is 2.14. The summed E-state index contributed by atoms with van der Waals surface area (Å²) in [5.41, 5.74) is 4.96. The largest absolute Gasteiger partial charge is 0.451 e. The van der Waals surface area contributed by atoms with Gasteiger partial charge in [0.05, 0.1) is 5.69 Å². The molecule has 7 nitrogen and oxygen atoms in total. The average molecular weight is 442 g/mol. The SMILES string of the molecule is CCc1ccc(-n2nc3ccc(NC(=S)NC(=O)c4cc5ccccc5o4)cc3n2)cc1. The molecule has 0 fully saturated rings. The van der Waals surface area contributed by atoms with E-state index < -0.39 is 5.91 Å². The first-order valence-corrected chi connectivity index (χ1v) is 10.6. The van der Waals surface area contributed by atoms with Crippen molar-refractivity contribution in [2.75, 3.05) is 5.32 Å².